The van der Waals surface area contributed by atoms with Crippen LogP contribution in [0.5, 0.6) is 0 Å². The van der Waals surface area contributed by atoms with Gasteiger partial charge >= 0.3 is 12.1 Å². The second-order valence-electron chi connectivity index (χ2n) is 13.0. The van der Waals surface area contributed by atoms with Gasteiger partial charge in [0.05, 0.1) is 18.6 Å². The molecule has 9 atom stereocenters. The van der Waals surface area contributed by atoms with Gasteiger partial charge < -0.3 is 19.7 Å². The third-order valence-electron chi connectivity index (χ3n) is 11.1. The number of alkyl halides is 2. The number of fused-ring (bicyclic) bond motifs is 5. The number of aliphatic hydroxyl groups excluding tert-OH is 1. The molecule has 0 aromatic carbocycles. The van der Waals surface area contributed by atoms with E-state index in [1.165, 1.54) is 19.1 Å². The zero-order valence-electron chi connectivity index (χ0n) is 22.9. The van der Waals surface area contributed by atoms with Crippen molar-refractivity contribution in [3.05, 3.63) is 23.8 Å². The number of carboxylic acids is 1. The molecular formula is C30H40F2O7. The third kappa shape index (κ3) is 4.34. The molecule has 0 spiro atoms. The molecule has 0 aliphatic heterocycles. The first-order chi connectivity index (χ1) is 18.3. The highest BCUT2D eigenvalue weighted by Crippen LogP contribution is 2.70. The van der Waals surface area contributed by atoms with E-state index >= 15 is 8.78 Å². The van der Waals surface area contributed by atoms with Crippen LogP contribution < -0.4 is 0 Å². The molecule has 0 aromatic rings. The summed E-state index contributed by atoms with van der Waals surface area (Å²) in [7, 11) is 0. The van der Waals surface area contributed by atoms with Crippen LogP contribution in [-0.4, -0.2) is 58.8 Å². The van der Waals surface area contributed by atoms with E-state index in [1.807, 2.05) is 0 Å². The van der Waals surface area contributed by atoms with Gasteiger partial charge in [0.2, 0.25) is 0 Å². The first-order valence-corrected chi connectivity index (χ1v) is 14.4. The second kappa shape index (κ2) is 9.96. The summed E-state index contributed by atoms with van der Waals surface area (Å²) in [6.07, 6.45) is 3.95. The number of rotatable bonds is 5. The van der Waals surface area contributed by atoms with Crippen LogP contribution in [-0.2, 0) is 19.1 Å². The molecule has 4 fully saturated rings. The monoisotopic (exact) mass is 550 g/mol. The van der Waals surface area contributed by atoms with Crippen molar-refractivity contribution in [1.29, 1.82) is 0 Å². The van der Waals surface area contributed by atoms with E-state index in [1.54, 1.807) is 6.92 Å². The van der Waals surface area contributed by atoms with Crippen molar-refractivity contribution < 1.29 is 42.9 Å². The number of aliphatic hydroxyl groups is 1. The molecule has 0 saturated heterocycles. The van der Waals surface area contributed by atoms with Gasteiger partial charge in [-0.1, -0.05) is 26.3 Å². The van der Waals surface area contributed by atoms with E-state index in [9.17, 15) is 24.6 Å². The molecule has 4 saturated carbocycles. The van der Waals surface area contributed by atoms with Crippen LogP contribution in [0.1, 0.15) is 72.1 Å². The quantitative estimate of drug-likeness (QED) is 0.444. The normalized spacial score (nSPS) is 46.9. The van der Waals surface area contributed by atoms with Gasteiger partial charge in [0, 0.05) is 17.3 Å². The smallest absolute Gasteiger partial charge is 0.481 e. The summed E-state index contributed by atoms with van der Waals surface area (Å²) in [5.74, 6) is -4.09. The van der Waals surface area contributed by atoms with E-state index in [4.69, 9.17) is 9.47 Å². The lowest BCUT2D eigenvalue weighted by Gasteiger charge is -2.62. The Morgan fingerprint density at radius 2 is 1.82 bits per heavy atom. The molecule has 9 heteroatoms. The van der Waals surface area contributed by atoms with Crippen LogP contribution in [0.25, 0.3) is 0 Å². The average molecular weight is 551 g/mol. The fourth-order valence-corrected chi connectivity index (χ4v) is 9.04. The standard InChI is InChI=1S/C30H40F2O7/c1-4-16-5-7-19(8-6-16)39-27(37)38-15-17-11-20-21-13-23(31)22-12-18(33)9-10-29(22,3)30(21,32)24(34)14-28(20,2)25(17)26(35)36/h9-10,12,16-17,19-21,23-25,34H,4-8,11,13-15H2,1-3H3,(H,35,36)/t16?,17-,19?,20-,21-,23-,24-,25-,28-,29-,30?/m0/s1. The lowest BCUT2D eigenvalue weighted by atomic mass is 9.45. The van der Waals surface area contributed by atoms with E-state index in [2.05, 4.69) is 6.92 Å². The van der Waals surface area contributed by atoms with E-state index < -0.39 is 70.4 Å². The van der Waals surface area contributed by atoms with Gasteiger partial charge in [-0.3, -0.25) is 9.59 Å². The van der Waals surface area contributed by atoms with Crippen molar-refractivity contribution in [2.75, 3.05) is 6.61 Å². The van der Waals surface area contributed by atoms with Crippen LogP contribution in [0.15, 0.2) is 23.8 Å². The summed E-state index contributed by atoms with van der Waals surface area (Å²) < 4.78 is 43.7. The minimum atomic E-state index is -2.28. The van der Waals surface area contributed by atoms with Crippen molar-refractivity contribution >= 4 is 17.9 Å². The van der Waals surface area contributed by atoms with Crippen LogP contribution in [0.3, 0.4) is 0 Å². The highest BCUT2D eigenvalue weighted by molar-refractivity contribution is 6.01. The van der Waals surface area contributed by atoms with Gasteiger partial charge in [-0.05, 0) is 86.8 Å². The SMILES string of the molecule is CCC1CCC(OC(=O)OC[C@@H]2C[C@H]3[C@@H]4C[C@H](F)C5=CC(=O)C=C[C@]5(C)C4(F)[C@@H](O)C[C@]3(C)[C@@H]2C(=O)O)CC1. The fraction of sp³-hybridized carbons (Fsp3) is 0.767. The van der Waals surface area contributed by atoms with Crippen molar-refractivity contribution in [1.82, 2.24) is 0 Å². The molecule has 39 heavy (non-hydrogen) atoms. The van der Waals surface area contributed by atoms with Gasteiger partial charge in [-0.2, -0.15) is 0 Å². The Morgan fingerprint density at radius 1 is 1.13 bits per heavy atom. The Bertz CT molecular complexity index is 1080. The number of carboxylic acid groups (broad SMARTS) is 1. The molecule has 216 valence electrons. The minimum absolute atomic E-state index is 0.0276. The number of hydrogen-bond acceptors (Lipinski definition) is 6. The number of carbonyl (C=O) groups excluding carboxylic acids is 2. The molecule has 1 unspecified atom stereocenters. The largest absolute Gasteiger partial charge is 0.508 e. The Morgan fingerprint density at radius 3 is 2.46 bits per heavy atom. The van der Waals surface area contributed by atoms with Crippen LogP contribution in [0.2, 0.25) is 0 Å². The average Bonchev–Trinajstić information content (AvgIpc) is 3.18. The molecule has 7 nitrogen and oxygen atoms in total. The topological polar surface area (TPSA) is 110 Å². The van der Waals surface area contributed by atoms with Gasteiger partial charge in [0.15, 0.2) is 11.5 Å². The van der Waals surface area contributed by atoms with Crippen molar-refractivity contribution in [2.45, 2.75) is 96.2 Å². The number of hydrogen-bond donors (Lipinski definition) is 2. The Labute approximate surface area is 228 Å². The third-order valence-corrected chi connectivity index (χ3v) is 11.1. The van der Waals surface area contributed by atoms with Gasteiger partial charge in [0.1, 0.15) is 12.3 Å². The Balaban J connectivity index is 1.35. The first kappa shape index (κ1) is 28.2. The summed E-state index contributed by atoms with van der Waals surface area (Å²) in [6.45, 7) is 5.18. The van der Waals surface area contributed by atoms with E-state index in [0.717, 1.165) is 38.2 Å². The molecular weight excluding hydrogens is 510 g/mol. The molecule has 0 radical (unpaired) electrons. The summed E-state index contributed by atoms with van der Waals surface area (Å²) >= 11 is 0. The fourth-order valence-electron chi connectivity index (χ4n) is 9.04. The maximum Gasteiger partial charge on any atom is 0.508 e. The molecule has 0 bridgehead atoms. The maximum absolute atomic E-state index is 17.2. The molecule has 0 heterocycles. The lowest BCUT2D eigenvalue weighted by molar-refractivity contribution is -0.204. The number of halogens is 2. The number of aliphatic carboxylic acids is 1. The summed E-state index contributed by atoms with van der Waals surface area (Å²) in [5, 5.41) is 21.6. The zero-order valence-corrected chi connectivity index (χ0v) is 22.9. The van der Waals surface area contributed by atoms with Crippen LogP contribution in [0, 0.1) is 40.4 Å². The van der Waals surface area contributed by atoms with Crippen LogP contribution in [0.4, 0.5) is 13.6 Å². The van der Waals surface area contributed by atoms with Crippen molar-refractivity contribution in [3.63, 3.8) is 0 Å². The predicted octanol–water partition coefficient (Wildman–Crippen LogP) is 5.35. The Hall–Kier alpha value is -2.29. The van der Waals surface area contributed by atoms with Gasteiger partial charge in [0.25, 0.3) is 0 Å². The number of allylic oxidation sites excluding steroid dienone is 4. The van der Waals surface area contributed by atoms with Crippen molar-refractivity contribution in [2.24, 2.45) is 40.4 Å². The molecule has 0 aromatic heterocycles. The summed E-state index contributed by atoms with van der Waals surface area (Å²) in [4.78, 5) is 37.1. The number of carbonyl (C=O) groups is 3. The minimum Gasteiger partial charge on any atom is -0.481 e. The van der Waals surface area contributed by atoms with E-state index in [-0.39, 0.29) is 37.5 Å². The zero-order chi connectivity index (χ0) is 28.3. The predicted molar refractivity (Wildman–Crippen MR) is 137 cm³/mol. The van der Waals surface area contributed by atoms with Crippen LogP contribution >= 0.6 is 0 Å². The number of ketones is 1. The van der Waals surface area contributed by atoms with E-state index in [0.29, 0.717) is 5.92 Å². The number of ether oxygens (including phenoxy) is 2. The summed E-state index contributed by atoms with van der Waals surface area (Å²) in [6, 6.07) is 0. The first-order valence-electron chi connectivity index (χ1n) is 14.4. The molecule has 5 aliphatic rings. The summed E-state index contributed by atoms with van der Waals surface area (Å²) in [5.41, 5.74) is -4.82. The lowest BCUT2D eigenvalue weighted by Crippen LogP contribution is -2.68. The molecule has 5 aliphatic carbocycles. The molecule has 0 amide bonds. The molecule has 5 rings (SSSR count). The highest BCUT2D eigenvalue weighted by Gasteiger charge is 2.73. The second-order valence-corrected chi connectivity index (χ2v) is 13.0. The van der Waals surface area contributed by atoms with Gasteiger partial charge in [-0.15, -0.1) is 0 Å². The molecule has 2 N–H and O–H groups in total. The Kier molecular flexibility index (Phi) is 7.22. The van der Waals surface area contributed by atoms with Gasteiger partial charge in [-0.25, -0.2) is 13.6 Å². The van der Waals surface area contributed by atoms with Crippen molar-refractivity contribution in [3.8, 4) is 0 Å². The highest BCUT2D eigenvalue weighted by atomic mass is 19.1. The maximum atomic E-state index is 17.2.